The highest BCUT2D eigenvalue weighted by Gasteiger charge is 2.25. The Kier molecular flexibility index (Phi) is 6.48. The fraction of sp³-hybridized carbons (Fsp3) is 0.800. The number of anilines is 1. The lowest BCUT2D eigenvalue weighted by atomic mass is 9.95. The molecular formula is C20H34N4O2. The number of hydrogen-bond acceptors (Lipinski definition) is 6. The van der Waals surface area contributed by atoms with Gasteiger partial charge >= 0.3 is 0 Å². The number of nitrogens with zero attached hydrogens (tertiary/aromatic N) is 3. The highest BCUT2D eigenvalue weighted by atomic mass is 16.5. The third kappa shape index (κ3) is 5.38. The van der Waals surface area contributed by atoms with Gasteiger partial charge in [0.05, 0.1) is 18.9 Å². The summed E-state index contributed by atoms with van der Waals surface area (Å²) in [6.07, 6.45) is 3.53. The molecule has 146 valence electrons. The van der Waals surface area contributed by atoms with E-state index in [9.17, 15) is 0 Å². The van der Waals surface area contributed by atoms with E-state index in [1.165, 1.54) is 13.0 Å². The second-order valence-electron chi connectivity index (χ2n) is 8.70. The van der Waals surface area contributed by atoms with Gasteiger partial charge in [0, 0.05) is 50.9 Å². The van der Waals surface area contributed by atoms with Gasteiger partial charge in [0.2, 0.25) is 0 Å². The number of ether oxygens (including phenoxy) is 2. The second kappa shape index (κ2) is 8.63. The fourth-order valence-corrected chi connectivity index (χ4v) is 3.69. The van der Waals surface area contributed by atoms with Crippen LogP contribution in [-0.4, -0.2) is 60.9 Å². The zero-order valence-electron chi connectivity index (χ0n) is 16.8. The van der Waals surface area contributed by atoms with Crippen LogP contribution in [0, 0.1) is 5.92 Å². The van der Waals surface area contributed by atoms with Crippen molar-refractivity contribution in [3.8, 4) is 0 Å². The lowest BCUT2D eigenvalue weighted by Gasteiger charge is -2.34. The molecule has 1 aromatic heterocycles. The van der Waals surface area contributed by atoms with E-state index in [0.29, 0.717) is 12.6 Å². The average Bonchev–Trinajstić information content (AvgIpc) is 3.09. The molecule has 1 unspecified atom stereocenters. The van der Waals surface area contributed by atoms with Gasteiger partial charge in [-0.15, -0.1) is 0 Å². The van der Waals surface area contributed by atoms with Crippen LogP contribution in [0.4, 0.5) is 5.82 Å². The first-order valence-electron chi connectivity index (χ1n) is 9.88. The van der Waals surface area contributed by atoms with E-state index in [4.69, 9.17) is 14.5 Å². The van der Waals surface area contributed by atoms with Crippen LogP contribution in [0.15, 0.2) is 6.07 Å². The molecule has 2 saturated heterocycles. The first-order valence-corrected chi connectivity index (χ1v) is 9.88. The molecular weight excluding hydrogens is 328 g/mol. The van der Waals surface area contributed by atoms with Crippen LogP contribution in [0.2, 0.25) is 0 Å². The molecule has 1 N–H and O–H groups in total. The van der Waals surface area contributed by atoms with Crippen molar-refractivity contribution in [1.82, 2.24) is 14.9 Å². The van der Waals surface area contributed by atoms with Crippen LogP contribution in [0.1, 0.15) is 51.6 Å². The number of hydrogen-bond donors (Lipinski definition) is 1. The van der Waals surface area contributed by atoms with Gasteiger partial charge in [0.1, 0.15) is 11.6 Å². The van der Waals surface area contributed by atoms with Gasteiger partial charge in [0.25, 0.3) is 0 Å². The molecule has 26 heavy (non-hydrogen) atoms. The number of rotatable bonds is 6. The largest absolute Gasteiger partial charge is 0.381 e. The molecule has 6 heteroatoms. The van der Waals surface area contributed by atoms with Crippen molar-refractivity contribution in [3.63, 3.8) is 0 Å². The summed E-state index contributed by atoms with van der Waals surface area (Å²) in [6.45, 7) is 12.3. The number of aromatic nitrogens is 2. The zero-order chi connectivity index (χ0) is 18.6. The van der Waals surface area contributed by atoms with Crippen LogP contribution in [0.5, 0.6) is 0 Å². The molecule has 2 fully saturated rings. The first kappa shape index (κ1) is 19.5. The number of piperidine rings is 1. The van der Waals surface area contributed by atoms with E-state index in [2.05, 4.69) is 36.0 Å². The van der Waals surface area contributed by atoms with Crippen molar-refractivity contribution in [2.45, 2.75) is 58.1 Å². The Hall–Kier alpha value is -1.24. The molecule has 0 bridgehead atoms. The van der Waals surface area contributed by atoms with Gasteiger partial charge in [0.15, 0.2) is 0 Å². The van der Waals surface area contributed by atoms with Crippen molar-refractivity contribution in [3.05, 3.63) is 17.6 Å². The Bertz CT molecular complexity index is 574. The van der Waals surface area contributed by atoms with Gasteiger partial charge in [-0.3, -0.25) is 0 Å². The number of nitrogens with one attached hydrogen (secondary N) is 1. The molecule has 1 atom stereocenters. The highest BCUT2D eigenvalue weighted by molar-refractivity contribution is 5.38. The summed E-state index contributed by atoms with van der Waals surface area (Å²) in [4.78, 5) is 12.0. The number of likely N-dealkylation sites (tertiary alicyclic amines) is 1. The van der Waals surface area contributed by atoms with E-state index < -0.39 is 0 Å². The molecule has 0 amide bonds. The topological polar surface area (TPSA) is 59.5 Å². The Balaban J connectivity index is 1.57. The summed E-state index contributed by atoms with van der Waals surface area (Å²) >= 11 is 0. The smallest absolute Gasteiger partial charge is 0.136 e. The predicted octanol–water partition coefficient (Wildman–Crippen LogP) is 2.83. The summed E-state index contributed by atoms with van der Waals surface area (Å²) in [7, 11) is 1.71. The molecule has 2 aliphatic rings. The molecule has 3 rings (SSSR count). The third-order valence-electron chi connectivity index (χ3n) is 5.22. The zero-order valence-corrected chi connectivity index (χ0v) is 16.8. The van der Waals surface area contributed by atoms with Crippen molar-refractivity contribution < 1.29 is 9.47 Å². The van der Waals surface area contributed by atoms with Crippen LogP contribution in [0.3, 0.4) is 0 Å². The Labute approximate surface area is 157 Å². The normalized spacial score (nSPS) is 22.7. The summed E-state index contributed by atoms with van der Waals surface area (Å²) in [5.74, 6) is 2.53. The summed E-state index contributed by atoms with van der Waals surface area (Å²) < 4.78 is 10.8. The maximum Gasteiger partial charge on any atom is 0.136 e. The molecule has 0 aliphatic carbocycles. The van der Waals surface area contributed by atoms with Crippen molar-refractivity contribution >= 4 is 5.82 Å². The quantitative estimate of drug-likeness (QED) is 0.840. The van der Waals surface area contributed by atoms with Crippen LogP contribution >= 0.6 is 0 Å². The minimum Gasteiger partial charge on any atom is -0.381 e. The predicted molar refractivity (Wildman–Crippen MR) is 103 cm³/mol. The standard InChI is InChI=1S/C20H34N4O2/c1-20(2,3)19-22-17(14-25-4)11-18(23-19)21-16-5-8-24(9-6-16)12-15-7-10-26-13-15/h11,15-16H,5-10,12-14H2,1-4H3,(H,21,22,23). The third-order valence-corrected chi connectivity index (χ3v) is 5.22. The lowest BCUT2D eigenvalue weighted by molar-refractivity contribution is 0.154. The lowest BCUT2D eigenvalue weighted by Crippen LogP contribution is -2.41. The van der Waals surface area contributed by atoms with E-state index in [1.807, 2.05) is 6.07 Å². The van der Waals surface area contributed by atoms with Crippen LogP contribution in [0.25, 0.3) is 0 Å². The van der Waals surface area contributed by atoms with Gasteiger partial charge in [-0.25, -0.2) is 9.97 Å². The molecule has 2 aliphatic heterocycles. The first-order chi connectivity index (χ1) is 12.4. The van der Waals surface area contributed by atoms with Crippen LogP contribution in [-0.2, 0) is 21.5 Å². The van der Waals surface area contributed by atoms with Crippen molar-refractivity contribution in [2.24, 2.45) is 5.92 Å². The molecule has 0 aromatic carbocycles. The Morgan fingerprint density at radius 3 is 2.62 bits per heavy atom. The number of methoxy groups -OCH3 is 1. The maximum absolute atomic E-state index is 5.50. The monoisotopic (exact) mass is 362 g/mol. The highest BCUT2D eigenvalue weighted by Crippen LogP contribution is 2.23. The van der Waals surface area contributed by atoms with Gasteiger partial charge in [-0.1, -0.05) is 20.8 Å². The summed E-state index contributed by atoms with van der Waals surface area (Å²) in [6, 6.07) is 2.50. The van der Waals surface area contributed by atoms with E-state index >= 15 is 0 Å². The Morgan fingerprint density at radius 2 is 2.00 bits per heavy atom. The molecule has 0 spiro atoms. The van der Waals surface area contributed by atoms with Crippen molar-refractivity contribution in [2.75, 3.05) is 45.3 Å². The SMILES string of the molecule is COCc1cc(NC2CCN(CC3CCOC3)CC2)nc(C(C)(C)C)n1. The summed E-state index contributed by atoms with van der Waals surface area (Å²) in [5.41, 5.74) is 0.862. The van der Waals surface area contributed by atoms with Gasteiger partial charge < -0.3 is 19.7 Å². The second-order valence-corrected chi connectivity index (χ2v) is 8.70. The molecule has 0 radical (unpaired) electrons. The molecule has 1 aromatic rings. The minimum atomic E-state index is -0.0765. The molecule has 0 saturated carbocycles. The van der Waals surface area contributed by atoms with Gasteiger partial charge in [-0.2, -0.15) is 0 Å². The average molecular weight is 363 g/mol. The fourth-order valence-electron chi connectivity index (χ4n) is 3.69. The van der Waals surface area contributed by atoms with E-state index in [0.717, 1.165) is 62.4 Å². The van der Waals surface area contributed by atoms with E-state index in [1.54, 1.807) is 7.11 Å². The minimum absolute atomic E-state index is 0.0765. The van der Waals surface area contributed by atoms with Gasteiger partial charge in [-0.05, 0) is 25.2 Å². The maximum atomic E-state index is 5.50. The molecule has 6 nitrogen and oxygen atoms in total. The Morgan fingerprint density at radius 1 is 1.23 bits per heavy atom. The van der Waals surface area contributed by atoms with Crippen molar-refractivity contribution in [1.29, 1.82) is 0 Å². The van der Waals surface area contributed by atoms with Crippen LogP contribution < -0.4 is 5.32 Å². The summed E-state index contributed by atoms with van der Waals surface area (Å²) in [5, 5.41) is 3.65. The molecule has 3 heterocycles. The van der Waals surface area contributed by atoms with E-state index in [-0.39, 0.29) is 5.41 Å².